The molecule has 2 aliphatic rings. The fourth-order valence-corrected chi connectivity index (χ4v) is 3.15. The van der Waals surface area contributed by atoms with Crippen LogP contribution in [0.25, 0.3) is 0 Å². The quantitative estimate of drug-likeness (QED) is 0.781. The van der Waals surface area contributed by atoms with E-state index in [-0.39, 0.29) is 5.91 Å². The van der Waals surface area contributed by atoms with Gasteiger partial charge < -0.3 is 11.1 Å². The number of hydrogen-bond acceptors (Lipinski definition) is 4. The van der Waals surface area contributed by atoms with Crippen molar-refractivity contribution < 1.29 is 4.79 Å². The molecule has 1 amide bonds. The molecule has 1 aliphatic carbocycles. The summed E-state index contributed by atoms with van der Waals surface area (Å²) >= 11 is 0. The minimum atomic E-state index is -0.696. The first-order chi connectivity index (χ1) is 9.48. The van der Waals surface area contributed by atoms with Crippen LogP contribution in [-0.4, -0.2) is 42.0 Å². The molecule has 0 aromatic rings. The van der Waals surface area contributed by atoms with Gasteiger partial charge in [0.15, 0.2) is 0 Å². The van der Waals surface area contributed by atoms with E-state index in [0.29, 0.717) is 31.0 Å². The maximum absolute atomic E-state index is 12.2. The molecule has 2 rings (SSSR count). The van der Waals surface area contributed by atoms with Crippen molar-refractivity contribution in [2.75, 3.05) is 19.6 Å². The summed E-state index contributed by atoms with van der Waals surface area (Å²) in [5.74, 6) is 0.954. The maximum atomic E-state index is 12.2. The summed E-state index contributed by atoms with van der Waals surface area (Å²) in [5, 5.41) is 12.2. The monoisotopic (exact) mass is 278 g/mol. The van der Waals surface area contributed by atoms with Crippen LogP contribution >= 0.6 is 0 Å². The second-order valence-corrected chi connectivity index (χ2v) is 6.63. The molecule has 112 valence electrons. The SMILES string of the molecule is CC1CCN(CC(=O)NC(C)(C#N)C2CC2)C(CN)C1. The number of nitrogens with one attached hydrogen (secondary N) is 1. The number of nitrogens with two attached hydrogens (primary N) is 1. The van der Waals surface area contributed by atoms with Crippen LogP contribution in [-0.2, 0) is 4.79 Å². The van der Waals surface area contributed by atoms with Crippen molar-refractivity contribution in [2.24, 2.45) is 17.6 Å². The summed E-state index contributed by atoms with van der Waals surface area (Å²) < 4.78 is 0. The molecule has 0 bridgehead atoms. The Kier molecular flexibility index (Phi) is 4.66. The predicted molar refractivity (Wildman–Crippen MR) is 77.7 cm³/mol. The number of nitriles is 1. The number of carbonyl (C=O) groups is 1. The third-order valence-corrected chi connectivity index (χ3v) is 4.74. The summed E-state index contributed by atoms with van der Waals surface area (Å²) in [6, 6.07) is 2.56. The third-order valence-electron chi connectivity index (χ3n) is 4.74. The van der Waals surface area contributed by atoms with E-state index in [1.54, 1.807) is 0 Å². The molecule has 3 N–H and O–H groups in total. The normalized spacial score (nSPS) is 30.3. The Morgan fingerprint density at radius 3 is 2.75 bits per heavy atom. The summed E-state index contributed by atoms with van der Waals surface area (Å²) in [4.78, 5) is 14.4. The highest BCUT2D eigenvalue weighted by Gasteiger charge is 2.43. The highest BCUT2D eigenvalue weighted by molar-refractivity contribution is 5.79. The van der Waals surface area contributed by atoms with Gasteiger partial charge in [-0.25, -0.2) is 0 Å². The van der Waals surface area contributed by atoms with Gasteiger partial charge in [-0.1, -0.05) is 6.92 Å². The number of rotatable bonds is 5. The van der Waals surface area contributed by atoms with Crippen molar-refractivity contribution >= 4 is 5.91 Å². The predicted octanol–water partition coefficient (Wildman–Crippen LogP) is 0.854. The molecule has 5 heteroatoms. The molecule has 0 aromatic heterocycles. The van der Waals surface area contributed by atoms with Gasteiger partial charge in [-0.2, -0.15) is 5.26 Å². The lowest BCUT2D eigenvalue weighted by Gasteiger charge is -2.38. The standard InChI is InChI=1S/C15H26N4O/c1-11-5-6-19(13(7-11)8-16)9-14(20)18-15(2,10-17)12-3-4-12/h11-13H,3-9,16H2,1-2H3,(H,18,20). The third kappa shape index (κ3) is 3.50. The zero-order valence-electron chi connectivity index (χ0n) is 12.6. The van der Waals surface area contributed by atoms with Gasteiger partial charge in [-0.3, -0.25) is 9.69 Å². The lowest BCUT2D eigenvalue weighted by molar-refractivity contribution is -0.124. The van der Waals surface area contributed by atoms with Gasteiger partial charge >= 0.3 is 0 Å². The molecule has 20 heavy (non-hydrogen) atoms. The van der Waals surface area contributed by atoms with Gasteiger partial charge in [0.2, 0.25) is 5.91 Å². The van der Waals surface area contributed by atoms with E-state index < -0.39 is 5.54 Å². The van der Waals surface area contributed by atoms with Crippen LogP contribution in [0.2, 0.25) is 0 Å². The van der Waals surface area contributed by atoms with E-state index >= 15 is 0 Å². The van der Waals surface area contributed by atoms with Gasteiger partial charge in [0.1, 0.15) is 5.54 Å². The van der Waals surface area contributed by atoms with E-state index in [9.17, 15) is 10.1 Å². The summed E-state index contributed by atoms with van der Waals surface area (Å²) in [7, 11) is 0. The van der Waals surface area contributed by atoms with Crippen molar-refractivity contribution in [1.29, 1.82) is 5.26 Å². The van der Waals surface area contributed by atoms with Crippen LogP contribution in [0.5, 0.6) is 0 Å². The minimum Gasteiger partial charge on any atom is -0.337 e. The second kappa shape index (κ2) is 6.11. The van der Waals surface area contributed by atoms with Crippen molar-refractivity contribution in [3.05, 3.63) is 0 Å². The van der Waals surface area contributed by atoms with Crippen LogP contribution in [0.3, 0.4) is 0 Å². The van der Waals surface area contributed by atoms with Crippen molar-refractivity contribution in [3.8, 4) is 6.07 Å². The molecule has 0 radical (unpaired) electrons. The number of carbonyl (C=O) groups excluding carboxylic acids is 1. The van der Waals surface area contributed by atoms with Gasteiger partial charge in [-0.05, 0) is 51.0 Å². The van der Waals surface area contributed by atoms with Crippen LogP contribution in [0.15, 0.2) is 0 Å². The smallest absolute Gasteiger partial charge is 0.235 e. The first-order valence-corrected chi connectivity index (χ1v) is 7.65. The molecule has 0 spiro atoms. The lowest BCUT2D eigenvalue weighted by atomic mass is 9.92. The topological polar surface area (TPSA) is 82.2 Å². The summed E-state index contributed by atoms with van der Waals surface area (Å²) in [6.07, 6.45) is 4.25. The zero-order chi connectivity index (χ0) is 14.8. The van der Waals surface area contributed by atoms with Gasteiger partial charge in [-0.15, -0.1) is 0 Å². The fraction of sp³-hybridized carbons (Fsp3) is 0.867. The average Bonchev–Trinajstić information content (AvgIpc) is 3.25. The number of piperidine rings is 1. The zero-order valence-corrected chi connectivity index (χ0v) is 12.6. The van der Waals surface area contributed by atoms with E-state index in [1.165, 1.54) is 0 Å². The first-order valence-electron chi connectivity index (χ1n) is 7.65. The summed E-state index contributed by atoms with van der Waals surface area (Å²) in [6.45, 7) is 5.94. The molecule has 2 fully saturated rings. The van der Waals surface area contributed by atoms with E-state index in [2.05, 4.69) is 23.2 Å². The molecule has 3 atom stereocenters. The van der Waals surface area contributed by atoms with E-state index in [1.807, 2.05) is 6.92 Å². The van der Waals surface area contributed by atoms with Crippen molar-refractivity contribution in [1.82, 2.24) is 10.2 Å². The van der Waals surface area contributed by atoms with Crippen molar-refractivity contribution in [3.63, 3.8) is 0 Å². The molecular weight excluding hydrogens is 252 g/mol. The molecule has 0 aromatic carbocycles. The minimum absolute atomic E-state index is 0.0473. The average molecular weight is 278 g/mol. The van der Waals surface area contributed by atoms with Crippen LogP contribution in [0.1, 0.15) is 39.5 Å². The van der Waals surface area contributed by atoms with Crippen LogP contribution < -0.4 is 11.1 Å². The first kappa shape index (κ1) is 15.3. The largest absolute Gasteiger partial charge is 0.337 e. The Bertz CT molecular complexity index is 401. The molecule has 1 heterocycles. The highest BCUT2D eigenvalue weighted by atomic mass is 16.2. The Hall–Kier alpha value is -1.12. The number of hydrogen-bond donors (Lipinski definition) is 2. The Labute approximate surface area is 121 Å². The molecule has 1 aliphatic heterocycles. The van der Waals surface area contributed by atoms with E-state index in [0.717, 1.165) is 32.2 Å². The van der Waals surface area contributed by atoms with Gasteiger partial charge in [0.25, 0.3) is 0 Å². The van der Waals surface area contributed by atoms with E-state index in [4.69, 9.17) is 5.73 Å². The Morgan fingerprint density at radius 1 is 1.50 bits per heavy atom. The number of likely N-dealkylation sites (tertiary alicyclic amines) is 1. The van der Waals surface area contributed by atoms with Crippen molar-refractivity contribution in [2.45, 2.75) is 51.1 Å². The molecule has 1 saturated carbocycles. The van der Waals surface area contributed by atoms with Crippen LogP contribution in [0, 0.1) is 23.2 Å². The highest BCUT2D eigenvalue weighted by Crippen LogP contribution is 2.39. The fourth-order valence-electron chi connectivity index (χ4n) is 3.15. The Balaban J connectivity index is 1.89. The second-order valence-electron chi connectivity index (χ2n) is 6.63. The van der Waals surface area contributed by atoms with Crippen LogP contribution in [0.4, 0.5) is 0 Å². The number of amides is 1. The number of nitrogens with zero attached hydrogens (tertiary/aromatic N) is 2. The lowest BCUT2D eigenvalue weighted by Crippen LogP contribution is -2.54. The Morgan fingerprint density at radius 2 is 2.20 bits per heavy atom. The molecule has 1 saturated heterocycles. The molecule has 5 nitrogen and oxygen atoms in total. The van der Waals surface area contributed by atoms with Gasteiger partial charge in [0, 0.05) is 12.6 Å². The summed E-state index contributed by atoms with van der Waals surface area (Å²) in [5.41, 5.74) is 5.12. The molecule has 3 unspecified atom stereocenters. The van der Waals surface area contributed by atoms with Gasteiger partial charge in [0.05, 0.1) is 12.6 Å². The maximum Gasteiger partial charge on any atom is 0.235 e. The molecular formula is C15H26N4O.